The van der Waals surface area contributed by atoms with Gasteiger partial charge >= 0.3 is 0 Å². The van der Waals surface area contributed by atoms with E-state index in [1.54, 1.807) is 11.7 Å². The monoisotopic (exact) mass is 602 g/mol. The summed E-state index contributed by atoms with van der Waals surface area (Å²) in [6.07, 6.45) is 1.86. The van der Waals surface area contributed by atoms with Crippen LogP contribution in [0.25, 0.3) is 6.08 Å². The Morgan fingerprint density at radius 3 is 2.46 bits per heavy atom. The third-order valence-electron chi connectivity index (χ3n) is 6.48. The van der Waals surface area contributed by atoms with Crippen LogP contribution in [0.2, 0.25) is 0 Å². The van der Waals surface area contributed by atoms with Gasteiger partial charge in [0.05, 0.1) is 34.6 Å². The summed E-state index contributed by atoms with van der Waals surface area (Å²) in [5, 5.41) is 2.97. The fraction of sp³-hybridized carbons (Fsp3) is 0.167. The highest BCUT2D eigenvalue weighted by atomic mass is 79.9. The van der Waals surface area contributed by atoms with Crippen LogP contribution in [0.15, 0.2) is 98.3 Å². The first kappa shape index (κ1) is 26.6. The number of rotatable bonds is 6. The van der Waals surface area contributed by atoms with Crippen LogP contribution in [0, 0.1) is 0 Å². The largest absolute Gasteiger partial charge is 0.497 e. The Bertz CT molecular complexity index is 1760. The number of aromatic nitrogens is 1. The maximum atomic E-state index is 13.9. The molecule has 1 atom stereocenters. The predicted octanol–water partition coefficient (Wildman–Crippen LogP) is 4.71. The molecule has 0 unspecified atom stereocenters. The number of nitrogens with one attached hydrogen (secondary N) is 1. The van der Waals surface area contributed by atoms with E-state index in [1.165, 1.54) is 11.3 Å². The van der Waals surface area contributed by atoms with E-state index in [0.717, 1.165) is 21.3 Å². The van der Waals surface area contributed by atoms with Crippen LogP contribution >= 0.6 is 27.3 Å². The molecule has 1 aromatic heterocycles. The summed E-state index contributed by atoms with van der Waals surface area (Å²) in [7, 11) is 5.56. The van der Waals surface area contributed by atoms with Crippen LogP contribution in [-0.4, -0.2) is 31.7 Å². The molecule has 0 fully saturated rings. The van der Waals surface area contributed by atoms with Gasteiger partial charge in [-0.2, -0.15) is 0 Å². The molecule has 1 amide bonds. The minimum Gasteiger partial charge on any atom is -0.497 e. The fourth-order valence-electron chi connectivity index (χ4n) is 4.56. The first-order valence-electron chi connectivity index (χ1n) is 12.3. The fourth-order valence-corrected chi connectivity index (χ4v) is 6.36. The van der Waals surface area contributed by atoms with Crippen molar-refractivity contribution in [2.45, 2.75) is 13.0 Å². The van der Waals surface area contributed by atoms with Crippen LogP contribution in [0.5, 0.6) is 5.75 Å². The molecular weight excluding hydrogens is 576 g/mol. The van der Waals surface area contributed by atoms with E-state index >= 15 is 0 Å². The Morgan fingerprint density at radius 2 is 1.82 bits per heavy atom. The Kier molecular flexibility index (Phi) is 7.54. The van der Waals surface area contributed by atoms with Gasteiger partial charge in [0.25, 0.3) is 11.5 Å². The molecule has 0 bridgehead atoms. The van der Waals surface area contributed by atoms with Crippen molar-refractivity contribution < 1.29 is 9.53 Å². The molecule has 0 saturated heterocycles. The summed E-state index contributed by atoms with van der Waals surface area (Å²) in [6, 6.07) is 22.0. The van der Waals surface area contributed by atoms with E-state index in [4.69, 9.17) is 9.73 Å². The zero-order valence-corrected chi connectivity index (χ0v) is 24.3. The number of thiazole rings is 1. The SMILES string of the molecule is COc1ccc([C@H]2C(C(=O)Nc3ccccc3)=C(C)N=c3s/c(=C/c4ccc(N(C)C)c(Br)c4)c(=O)n32)cc1. The number of amides is 1. The number of benzene rings is 3. The number of methoxy groups -OCH3 is 1. The first-order chi connectivity index (χ1) is 18.8. The number of carbonyl (C=O) groups excluding carboxylic acids is 1. The highest BCUT2D eigenvalue weighted by Gasteiger charge is 2.32. The lowest BCUT2D eigenvalue weighted by atomic mass is 9.95. The van der Waals surface area contributed by atoms with Crippen molar-refractivity contribution in [2.75, 3.05) is 31.4 Å². The highest BCUT2D eigenvalue weighted by Crippen LogP contribution is 2.32. The van der Waals surface area contributed by atoms with Crippen LogP contribution in [0.4, 0.5) is 11.4 Å². The smallest absolute Gasteiger partial charge is 0.271 e. The van der Waals surface area contributed by atoms with Crippen molar-refractivity contribution in [1.82, 2.24) is 4.57 Å². The van der Waals surface area contributed by atoms with Gasteiger partial charge in [-0.25, -0.2) is 4.99 Å². The normalized spacial score (nSPS) is 15.0. The third kappa shape index (κ3) is 5.32. The second-order valence-corrected chi connectivity index (χ2v) is 11.1. The van der Waals surface area contributed by atoms with Gasteiger partial charge in [-0.15, -0.1) is 0 Å². The van der Waals surface area contributed by atoms with Crippen LogP contribution in [0.1, 0.15) is 24.1 Å². The van der Waals surface area contributed by atoms with Crippen molar-refractivity contribution in [2.24, 2.45) is 4.99 Å². The lowest BCUT2D eigenvalue weighted by molar-refractivity contribution is -0.113. The topological polar surface area (TPSA) is 75.9 Å². The van der Waals surface area contributed by atoms with E-state index in [0.29, 0.717) is 32.0 Å². The second-order valence-electron chi connectivity index (χ2n) is 9.28. The number of hydrogen-bond donors (Lipinski definition) is 1. The zero-order chi connectivity index (χ0) is 27.7. The number of carbonyl (C=O) groups is 1. The van der Waals surface area contributed by atoms with Crippen LogP contribution in [0.3, 0.4) is 0 Å². The zero-order valence-electron chi connectivity index (χ0n) is 21.9. The van der Waals surface area contributed by atoms with Crippen LogP contribution in [-0.2, 0) is 4.79 Å². The summed E-state index contributed by atoms with van der Waals surface area (Å²) in [4.78, 5) is 34.8. The average molecular weight is 604 g/mol. The first-order valence-corrected chi connectivity index (χ1v) is 13.9. The minimum absolute atomic E-state index is 0.204. The molecule has 7 nitrogen and oxygen atoms in total. The minimum atomic E-state index is -0.652. The van der Waals surface area contributed by atoms with E-state index in [9.17, 15) is 9.59 Å². The number of para-hydroxylation sites is 1. The molecule has 5 rings (SSSR count). The number of allylic oxidation sites excluding steroid dienone is 1. The molecule has 2 heterocycles. The van der Waals surface area contributed by atoms with E-state index in [2.05, 4.69) is 21.2 Å². The Morgan fingerprint density at radius 1 is 1.10 bits per heavy atom. The van der Waals surface area contributed by atoms with Gasteiger partial charge in [-0.3, -0.25) is 14.2 Å². The summed E-state index contributed by atoms with van der Waals surface area (Å²) in [5.74, 6) is 0.384. The van der Waals surface area contributed by atoms with Crippen molar-refractivity contribution in [3.05, 3.63) is 119 Å². The summed E-state index contributed by atoms with van der Waals surface area (Å²) < 4.78 is 8.43. The van der Waals surface area contributed by atoms with Gasteiger partial charge in [0.15, 0.2) is 4.80 Å². The molecule has 1 N–H and O–H groups in total. The number of anilines is 2. The molecule has 9 heteroatoms. The number of ether oxygens (including phenoxy) is 1. The van der Waals surface area contributed by atoms with Gasteiger partial charge in [0, 0.05) is 24.3 Å². The molecule has 1 aliphatic heterocycles. The maximum Gasteiger partial charge on any atom is 0.271 e. The number of hydrogen-bond acceptors (Lipinski definition) is 6. The number of halogens is 1. The molecule has 0 aliphatic carbocycles. The molecule has 0 saturated carbocycles. The lowest BCUT2D eigenvalue weighted by Gasteiger charge is -2.25. The second kappa shape index (κ2) is 11.0. The maximum absolute atomic E-state index is 13.9. The predicted molar refractivity (Wildman–Crippen MR) is 160 cm³/mol. The lowest BCUT2D eigenvalue weighted by Crippen LogP contribution is -2.40. The van der Waals surface area contributed by atoms with E-state index in [1.807, 2.05) is 105 Å². The average Bonchev–Trinajstić information content (AvgIpc) is 3.22. The molecule has 198 valence electrons. The Labute approximate surface area is 238 Å². The van der Waals surface area contributed by atoms with Gasteiger partial charge in [0.1, 0.15) is 5.75 Å². The molecule has 0 spiro atoms. The van der Waals surface area contributed by atoms with E-state index < -0.39 is 6.04 Å². The van der Waals surface area contributed by atoms with E-state index in [-0.39, 0.29) is 11.5 Å². The van der Waals surface area contributed by atoms with Gasteiger partial charge in [0.2, 0.25) is 0 Å². The van der Waals surface area contributed by atoms with Crippen molar-refractivity contribution in [3.8, 4) is 5.75 Å². The Balaban J connectivity index is 1.65. The van der Waals surface area contributed by atoms with Gasteiger partial charge in [-0.05, 0) is 76.5 Å². The Hall–Kier alpha value is -3.95. The third-order valence-corrected chi connectivity index (χ3v) is 8.10. The summed E-state index contributed by atoms with van der Waals surface area (Å²) in [6.45, 7) is 1.81. The van der Waals surface area contributed by atoms with Crippen molar-refractivity contribution in [1.29, 1.82) is 0 Å². The number of nitrogens with zero attached hydrogens (tertiary/aromatic N) is 3. The number of fused-ring (bicyclic) bond motifs is 1. The standard InChI is InChI=1S/C30H27BrN4O3S/c1-18-26(28(36)33-21-8-6-5-7-9-21)27(20-11-13-22(38-4)14-12-20)35-29(37)25(39-30(35)32-18)17-19-10-15-24(34(2)3)23(31)16-19/h5-17,27H,1-4H3,(H,33,36)/b25-17+/t27-/m0/s1. The highest BCUT2D eigenvalue weighted by molar-refractivity contribution is 9.10. The summed E-state index contributed by atoms with van der Waals surface area (Å²) >= 11 is 4.94. The molecule has 4 aromatic rings. The molecule has 1 aliphatic rings. The van der Waals surface area contributed by atoms with Crippen molar-refractivity contribution >= 4 is 50.6 Å². The molecule has 0 radical (unpaired) electrons. The van der Waals surface area contributed by atoms with Gasteiger partial charge in [-0.1, -0.05) is 47.7 Å². The van der Waals surface area contributed by atoms with Gasteiger partial charge < -0.3 is 15.0 Å². The molecule has 39 heavy (non-hydrogen) atoms. The van der Waals surface area contributed by atoms with Crippen LogP contribution < -0.4 is 29.8 Å². The molecular formula is C30H27BrN4O3S. The molecule has 3 aromatic carbocycles. The van der Waals surface area contributed by atoms with Crippen molar-refractivity contribution in [3.63, 3.8) is 0 Å². The quantitative estimate of drug-likeness (QED) is 0.347. The summed E-state index contributed by atoms with van der Waals surface area (Å²) in [5.41, 5.74) is 4.16.